The predicted molar refractivity (Wildman–Crippen MR) is 88.8 cm³/mol. The van der Waals surface area contributed by atoms with Gasteiger partial charge in [-0.3, -0.25) is 8.97 Å². The summed E-state index contributed by atoms with van der Waals surface area (Å²) in [6.07, 6.45) is 4.99. The predicted octanol–water partition coefficient (Wildman–Crippen LogP) is -1.44. The molecule has 0 aromatic heterocycles. The molecule has 24 heavy (non-hydrogen) atoms. The summed E-state index contributed by atoms with van der Waals surface area (Å²) in [7, 11) is 0. The number of nitrogens with zero attached hydrogens (tertiary/aromatic N) is 8. The molecule has 0 spiro atoms. The Morgan fingerprint density at radius 3 is 0.958 bits per heavy atom. The van der Waals surface area contributed by atoms with E-state index in [1.807, 2.05) is 0 Å². The van der Waals surface area contributed by atoms with Crippen LogP contribution >= 0.6 is 0 Å². The van der Waals surface area contributed by atoms with E-state index in [0.29, 0.717) is 0 Å². The summed E-state index contributed by atoms with van der Waals surface area (Å²) in [5.74, 6) is 0. The van der Waals surface area contributed by atoms with E-state index < -0.39 is 0 Å². The lowest BCUT2D eigenvalue weighted by Gasteiger charge is -2.61. The lowest BCUT2D eigenvalue weighted by atomic mass is 10.2. The van der Waals surface area contributed by atoms with Crippen molar-refractivity contribution in [1.82, 2.24) is 29.4 Å². The van der Waals surface area contributed by atoms with Crippen LogP contribution in [0.4, 0.5) is 0 Å². The van der Waals surface area contributed by atoms with E-state index in [4.69, 9.17) is 0 Å². The SMILES string of the molecule is C(=C\C[N+]12CN3CN(CN(C3)C1)C2)/C[N+]12CN3CN(CN(C3)C1)C2. The van der Waals surface area contributed by atoms with Gasteiger partial charge in [-0.05, 0) is 12.2 Å². The van der Waals surface area contributed by atoms with E-state index in [9.17, 15) is 0 Å². The highest BCUT2D eigenvalue weighted by Gasteiger charge is 2.49. The van der Waals surface area contributed by atoms with Crippen LogP contribution in [0.2, 0.25) is 0 Å². The van der Waals surface area contributed by atoms with Crippen molar-refractivity contribution in [2.24, 2.45) is 0 Å². The molecule has 8 fully saturated rings. The Balaban J connectivity index is 1.11. The highest BCUT2D eigenvalue weighted by atomic mass is 15.7. The summed E-state index contributed by atoms with van der Waals surface area (Å²) in [5.41, 5.74) is 0. The van der Waals surface area contributed by atoms with Gasteiger partial charge in [0.15, 0.2) is 0 Å². The zero-order chi connectivity index (χ0) is 15.8. The fourth-order valence-corrected chi connectivity index (χ4v) is 6.26. The largest absolute Gasteiger partial charge is 0.283 e. The third-order valence-corrected chi connectivity index (χ3v) is 6.55. The average Bonchev–Trinajstić information content (AvgIpc) is 2.49. The van der Waals surface area contributed by atoms with Crippen LogP contribution in [0.5, 0.6) is 0 Å². The Hall–Kier alpha value is -0.580. The van der Waals surface area contributed by atoms with E-state index in [1.165, 1.54) is 102 Å². The lowest BCUT2D eigenvalue weighted by molar-refractivity contribution is -0.977. The highest BCUT2D eigenvalue weighted by Crippen LogP contribution is 2.30. The van der Waals surface area contributed by atoms with Crippen LogP contribution in [0.15, 0.2) is 12.2 Å². The second kappa shape index (κ2) is 4.99. The molecule has 8 bridgehead atoms. The van der Waals surface area contributed by atoms with Crippen molar-refractivity contribution in [3.8, 4) is 0 Å². The van der Waals surface area contributed by atoms with Crippen molar-refractivity contribution in [2.45, 2.75) is 0 Å². The lowest BCUT2D eigenvalue weighted by Crippen LogP contribution is -2.79. The molecule has 0 saturated carbocycles. The second-order valence-electron chi connectivity index (χ2n) is 9.24. The standard InChI is InChI=1S/C16H30N8/c1(3-23-11-17-5-18(12-23)7-19(6-17)13-23)2-4-24-14-20-8-21(15-24)10-22(9-20)16-24/h1-2H,3-16H2/q+2/b2-1+. The van der Waals surface area contributed by atoms with Crippen molar-refractivity contribution in [3.05, 3.63) is 12.2 Å². The summed E-state index contributed by atoms with van der Waals surface area (Å²) in [6.45, 7) is 16.9. The van der Waals surface area contributed by atoms with Crippen molar-refractivity contribution < 1.29 is 8.97 Å². The third kappa shape index (κ3) is 2.29. The summed E-state index contributed by atoms with van der Waals surface area (Å²) in [5, 5.41) is 0. The van der Waals surface area contributed by atoms with Crippen molar-refractivity contribution >= 4 is 0 Å². The zero-order valence-corrected chi connectivity index (χ0v) is 14.6. The van der Waals surface area contributed by atoms with Gasteiger partial charge in [0.25, 0.3) is 0 Å². The maximum absolute atomic E-state index is 2.60. The average molecular weight is 334 g/mol. The van der Waals surface area contributed by atoms with E-state index in [2.05, 4.69) is 41.6 Å². The Morgan fingerprint density at radius 1 is 0.458 bits per heavy atom. The van der Waals surface area contributed by atoms with Gasteiger partial charge in [0.2, 0.25) is 0 Å². The molecule has 8 saturated heterocycles. The van der Waals surface area contributed by atoms with Gasteiger partial charge >= 0.3 is 0 Å². The molecular formula is C16H30N8+2. The summed E-state index contributed by atoms with van der Waals surface area (Å²) >= 11 is 0. The third-order valence-electron chi connectivity index (χ3n) is 6.55. The molecule has 8 nitrogen and oxygen atoms in total. The molecule has 8 heterocycles. The molecule has 0 N–H and O–H groups in total. The summed E-state index contributed by atoms with van der Waals surface area (Å²) < 4.78 is 2.45. The zero-order valence-electron chi connectivity index (χ0n) is 14.6. The van der Waals surface area contributed by atoms with Gasteiger partial charge in [-0.1, -0.05) is 0 Å². The molecule has 8 aliphatic heterocycles. The first-order valence-corrected chi connectivity index (χ1v) is 9.37. The topological polar surface area (TPSA) is 19.4 Å². The van der Waals surface area contributed by atoms with Gasteiger partial charge in [0, 0.05) is 0 Å². The molecule has 0 aliphatic carbocycles. The van der Waals surface area contributed by atoms with E-state index >= 15 is 0 Å². The molecule has 0 radical (unpaired) electrons. The second-order valence-corrected chi connectivity index (χ2v) is 9.24. The Labute approximate surface area is 144 Å². The molecule has 0 atom stereocenters. The smallest absolute Gasteiger partial charge is 0.139 e. The van der Waals surface area contributed by atoms with E-state index in [-0.39, 0.29) is 0 Å². The van der Waals surface area contributed by atoms with Gasteiger partial charge in [0.1, 0.15) is 53.1 Å². The summed E-state index contributed by atoms with van der Waals surface area (Å²) in [4.78, 5) is 15.6. The Kier molecular flexibility index (Phi) is 3.03. The minimum atomic E-state index is 1.18. The molecule has 0 amide bonds. The van der Waals surface area contributed by atoms with Crippen molar-refractivity contribution in [2.75, 3.05) is 93.1 Å². The van der Waals surface area contributed by atoms with Gasteiger partial charge in [-0.25, -0.2) is 29.4 Å². The molecule has 0 aromatic rings. The minimum absolute atomic E-state index is 1.18. The van der Waals surface area contributed by atoms with Crippen LogP contribution in [0.3, 0.4) is 0 Å². The maximum atomic E-state index is 2.60. The monoisotopic (exact) mass is 334 g/mol. The van der Waals surface area contributed by atoms with Crippen molar-refractivity contribution in [3.63, 3.8) is 0 Å². The quantitative estimate of drug-likeness (QED) is 0.460. The van der Waals surface area contributed by atoms with Crippen LogP contribution in [0.1, 0.15) is 0 Å². The number of hydrogen-bond donors (Lipinski definition) is 0. The van der Waals surface area contributed by atoms with Crippen LogP contribution < -0.4 is 0 Å². The maximum Gasteiger partial charge on any atom is 0.139 e. The highest BCUT2D eigenvalue weighted by molar-refractivity contribution is 4.86. The number of quaternary nitrogens is 2. The van der Waals surface area contributed by atoms with Gasteiger partial charge in [0.05, 0.1) is 40.0 Å². The van der Waals surface area contributed by atoms with Crippen LogP contribution in [0, 0.1) is 0 Å². The first kappa shape index (κ1) is 14.6. The minimum Gasteiger partial charge on any atom is -0.283 e. The van der Waals surface area contributed by atoms with Gasteiger partial charge in [-0.2, -0.15) is 0 Å². The molecule has 8 heteroatoms. The van der Waals surface area contributed by atoms with E-state index in [0.717, 1.165) is 0 Å². The molecule has 8 aliphatic rings. The van der Waals surface area contributed by atoms with Gasteiger partial charge in [-0.15, -0.1) is 0 Å². The first-order chi connectivity index (χ1) is 11.7. The Morgan fingerprint density at radius 2 is 0.708 bits per heavy atom. The molecular weight excluding hydrogens is 304 g/mol. The Bertz CT molecular complexity index is 442. The van der Waals surface area contributed by atoms with Crippen LogP contribution in [-0.2, 0) is 0 Å². The number of hydrogen-bond acceptors (Lipinski definition) is 6. The van der Waals surface area contributed by atoms with Crippen LogP contribution in [0.25, 0.3) is 0 Å². The fraction of sp³-hybridized carbons (Fsp3) is 0.875. The molecule has 0 unspecified atom stereocenters. The fourth-order valence-electron chi connectivity index (χ4n) is 6.26. The molecule has 8 rings (SSSR count). The molecule has 132 valence electrons. The van der Waals surface area contributed by atoms with Crippen molar-refractivity contribution in [1.29, 1.82) is 0 Å². The molecule has 0 aromatic carbocycles. The number of rotatable bonds is 4. The summed E-state index contributed by atoms with van der Waals surface area (Å²) in [6, 6.07) is 0. The van der Waals surface area contributed by atoms with E-state index in [1.54, 1.807) is 0 Å². The first-order valence-electron chi connectivity index (χ1n) is 9.37. The van der Waals surface area contributed by atoms with Crippen LogP contribution in [-0.4, -0.2) is 131 Å². The normalized spacial score (nSPS) is 57.3. The van der Waals surface area contributed by atoms with Gasteiger partial charge < -0.3 is 0 Å².